The first-order valence-electron chi connectivity index (χ1n) is 6.36. The molecule has 1 heterocycles. The number of carbonyl (C=O) groups excluding carboxylic acids is 1. The van der Waals surface area contributed by atoms with Gasteiger partial charge in [-0.2, -0.15) is 5.01 Å². The number of ketones is 1. The summed E-state index contributed by atoms with van der Waals surface area (Å²) in [4.78, 5) is 16.0. The summed E-state index contributed by atoms with van der Waals surface area (Å²) in [6, 6.07) is 0. The third-order valence-corrected chi connectivity index (χ3v) is 3.20. The Morgan fingerprint density at radius 3 is 2.04 bits per heavy atom. The number of aliphatic imine (C=N–C) groups is 1. The highest BCUT2D eigenvalue weighted by Gasteiger charge is 2.21. The second-order valence-corrected chi connectivity index (χ2v) is 4.82. The van der Waals surface area contributed by atoms with Gasteiger partial charge in [-0.3, -0.25) is 26.0 Å². The van der Waals surface area contributed by atoms with E-state index >= 15 is 0 Å². The van der Waals surface area contributed by atoms with Crippen LogP contribution in [0, 0.1) is 10.8 Å². The van der Waals surface area contributed by atoms with E-state index in [4.69, 9.17) is 22.3 Å². The fraction of sp³-hybridized carbons (Fsp3) is 0.385. The number of rotatable bonds is 3. The standard InChI is InChI=1S/C13H21N7O.2ClH/c1-6-10(5-11(9(4)21)7(2)18-6)8(3)19-20(12(14)15)13(16)17;;/h19H,5H2,1-4H3,(H3,14,15)(H3,16,17);2*1H. The van der Waals surface area contributed by atoms with Crippen molar-refractivity contribution in [3.05, 3.63) is 22.5 Å². The quantitative estimate of drug-likeness (QED) is 0.292. The van der Waals surface area contributed by atoms with Crippen molar-refractivity contribution in [2.75, 3.05) is 0 Å². The molecule has 8 nitrogen and oxygen atoms in total. The normalized spacial score (nSPS) is 15.6. The minimum Gasteiger partial charge on any atom is -0.368 e. The maximum absolute atomic E-state index is 11.6. The molecule has 1 aliphatic rings. The van der Waals surface area contributed by atoms with Crippen molar-refractivity contribution in [2.45, 2.75) is 34.1 Å². The van der Waals surface area contributed by atoms with E-state index in [1.807, 2.05) is 6.92 Å². The van der Waals surface area contributed by atoms with Crippen molar-refractivity contribution in [3.63, 3.8) is 0 Å². The number of allylic oxidation sites excluding steroid dienone is 4. The third-order valence-electron chi connectivity index (χ3n) is 3.20. The SMILES string of the molecule is CC(=O)C1=C(C)N=C(C)C(=C(C)NN(C(=N)N)C(=N)N)C1.Cl.Cl. The van der Waals surface area contributed by atoms with Crippen molar-refractivity contribution in [3.8, 4) is 0 Å². The molecule has 0 atom stereocenters. The summed E-state index contributed by atoms with van der Waals surface area (Å²) < 4.78 is 0. The highest BCUT2D eigenvalue weighted by Crippen LogP contribution is 2.25. The van der Waals surface area contributed by atoms with Gasteiger partial charge in [0.05, 0.1) is 0 Å². The molecule has 7 N–H and O–H groups in total. The summed E-state index contributed by atoms with van der Waals surface area (Å²) in [7, 11) is 0. The predicted molar refractivity (Wildman–Crippen MR) is 97.1 cm³/mol. The van der Waals surface area contributed by atoms with E-state index in [2.05, 4.69) is 10.4 Å². The molecular formula is C13H23Cl2N7O. The molecule has 23 heavy (non-hydrogen) atoms. The lowest BCUT2D eigenvalue weighted by Gasteiger charge is -2.26. The summed E-state index contributed by atoms with van der Waals surface area (Å²) in [6.45, 7) is 6.91. The van der Waals surface area contributed by atoms with Crippen LogP contribution in [0.4, 0.5) is 0 Å². The van der Waals surface area contributed by atoms with E-state index in [1.165, 1.54) is 6.92 Å². The molecule has 10 heteroatoms. The Bertz CT molecular complexity index is 593. The largest absolute Gasteiger partial charge is 0.368 e. The molecule has 0 saturated carbocycles. The maximum atomic E-state index is 11.6. The molecule has 1 aliphatic heterocycles. The second kappa shape index (κ2) is 9.16. The number of hydrogen-bond acceptors (Lipinski definition) is 5. The minimum atomic E-state index is -0.397. The van der Waals surface area contributed by atoms with Gasteiger partial charge in [-0.1, -0.05) is 0 Å². The molecule has 130 valence electrons. The van der Waals surface area contributed by atoms with Crippen LogP contribution < -0.4 is 16.9 Å². The van der Waals surface area contributed by atoms with E-state index in [1.54, 1.807) is 13.8 Å². The fourth-order valence-corrected chi connectivity index (χ4v) is 2.09. The number of carbonyl (C=O) groups is 1. The number of guanidine groups is 2. The molecule has 0 amide bonds. The van der Waals surface area contributed by atoms with Gasteiger partial charge in [0.15, 0.2) is 5.78 Å². The van der Waals surface area contributed by atoms with Crippen LogP contribution in [0.15, 0.2) is 27.5 Å². The van der Waals surface area contributed by atoms with Crippen LogP contribution in [0.25, 0.3) is 0 Å². The smallest absolute Gasteiger partial charge is 0.215 e. The lowest BCUT2D eigenvalue weighted by atomic mass is 9.94. The van der Waals surface area contributed by atoms with E-state index in [-0.39, 0.29) is 30.6 Å². The Kier molecular flexibility index (Phi) is 9.25. The highest BCUT2D eigenvalue weighted by atomic mass is 35.5. The van der Waals surface area contributed by atoms with Gasteiger partial charge in [0.2, 0.25) is 11.9 Å². The van der Waals surface area contributed by atoms with Gasteiger partial charge < -0.3 is 11.5 Å². The molecule has 0 aromatic carbocycles. The number of halogens is 2. The summed E-state index contributed by atoms with van der Waals surface area (Å²) in [5.41, 5.74) is 17.1. The van der Waals surface area contributed by atoms with Crippen LogP contribution in [0.1, 0.15) is 34.1 Å². The van der Waals surface area contributed by atoms with Gasteiger partial charge in [-0.15, -0.1) is 24.8 Å². The number of hydrogen-bond donors (Lipinski definition) is 5. The highest BCUT2D eigenvalue weighted by molar-refractivity contribution is 6.05. The Balaban J connectivity index is 0. The van der Waals surface area contributed by atoms with Crippen LogP contribution >= 0.6 is 24.8 Å². The predicted octanol–water partition coefficient (Wildman–Crippen LogP) is 1.43. The number of nitrogens with two attached hydrogens (primary N) is 2. The number of nitrogens with one attached hydrogen (secondary N) is 3. The molecular weight excluding hydrogens is 341 g/mol. The molecule has 0 aromatic heterocycles. The van der Waals surface area contributed by atoms with Crippen LogP contribution in [0.3, 0.4) is 0 Å². The lowest BCUT2D eigenvalue weighted by Crippen LogP contribution is -2.52. The number of nitrogens with zero attached hydrogens (tertiary/aromatic N) is 2. The Hall–Kier alpha value is -2.06. The molecule has 0 spiro atoms. The summed E-state index contributed by atoms with van der Waals surface area (Å²) >= 11 is 0. The van der Waals surface area contributed by atoms with Crippen LogP contribution in [-0.2, 0) is 4.79 Å². The second-order valence-electron chi connectivity index (χ2n) is 4.82. The van der Waals surface area contributed by atoms with Gasteiger partial charge >= 0.3 is 0 Å². The van der Waals surface area contributed by atoms with Crippen molar-refractivity contribution >= 4 is 48.2 Å². The van der Waals surface area contributed by atoms with E-state index in [9.17, 15) is 4.79 Å². The van der Waals surface area contributed by atoms with Crippen LogP contribution in [-0.4, -0.2) is 28.4 Å². The fourth-order valence-electron chi connectivity index (χ4n) is 2.09. The average Bonchev–Trinajstić information content (AvgIpc) is 2.34. The monoisotopic (exact) mass is 363 g/mol. The summed E-state index contributed by atoms with van der Waals surface area (Å²) in [5.74, 6) is -0.818. The molecule has 0 aromatic rings. The first-order valence-corrected chi connectivity index (χ1v) is 6.36. The van der Waals surface area contributed by atoms with Crippen molar-refractivity contribution in [1.29, 1.82) is 10.8 Å². The van der Waals surface area contributed by atoms with Gasteiger partial charge in [-0.05, 0) is 33.3 Å². The van der Waals surface area contributed by atoms with Crippen molar-refractivity contribution in [2.24, 2.45) is 16.5 Å². The average molecular weight is 364 g/mol. The van der Waals surface area contributed by atoms with Gasteiger partial charge in [-0.25, -0.2) is 0 Å². The third kappa shape index (κ3) is 5.57. The Labute approximate surface area is 147 Å². The van der Waals surface area contributed by atoms with Crippen molar-refractivity contribution < 1.29 is 4.79 Å². The summed E-state index contributed by atoms with van der Waals surface area (Å²) in [5, 5.41) is 15.7. The first kappa shape index (κ1) is 23.2. The summed E-state index contributed by atoms with van der Waals surface area (Å²) in [6.07, 6.45) is 0.443. The number of hydrazine groups is 1. The molecule has 0 fully saturated rings. The van der Waals surface area contributed by atoms with Crippen LogP contribution in [0.2, 0.25) is 0 Å². The molecule has 1 rings (SSSR count). The molecule has 0 aliphatic carbocycles. The van der Waals surface area contributed by atoms with E-state index < -0.39 is 11.9 Å². The molecule has 0 bridgehead atoms. The Morgan fingerprint density at radius 2 is 1.65 bits per heavy atom. The zero-order chi connectivity index (χ0) is 16.3. The number of Topliss-reactive ketones (excluding diaryl/α,β-unsaturated/α-hetero) is 1. The zero-order valence-corrected chi connectivity index (χ0v) is 15.1. The molecule has 0 unspecified atom stereocenters. The Morgan fingerprint density at radius 1 is 1.17 bits per heavy atom. The van der Waals surface area contributed by atoms with Crippen molar-refractivity contribution in [1.82, 2.24) is 10.4 Å². The minimum absolute atomic E-state index is 0. The maximum Gasteiger partial charge on any atom is 0.215 e. The topological polar surface area (TPSA) is 144 Å². The molecule has 0 saturated heterocycles. The van der Waals surface area contributed by atoms with E-state index in [0.29, 0.717) is 23.4 Å². The van der Waals surface area contributed by atoms with Gasteiger partial charge in [0.25, 0.3) is 0 Å². The lowest BCUT2D eigenvalue weighted by molar-refractivity contribution is -0.113. The first-order chi connectivity index (χ1) is 9.65. The van der Waals surface area contributed by atoms with Gasteiger partial charge in [0.1, 0.15) is 0 Å². The molecule has 0 radical (unpaired) electrons. The zero-order valence-electron chi connectivity index (χ0n) is 13.5. The van der Waals surface area contributed by atoms with Gasteiger partial charge in [0, 0.05) is 29.1 Å². The van der Waals surface area contributed by atoms with Crippen LogP contribution in [0.5, 0.6) is 0 Å². The van der Waals surface area contributed by atoms with E-state index in [0.717, 1.165) is 16.3 Å².